The Kier molecular flexibility index (Phi) is 3.84. The molecule has 0 bridgehead atoms. The second kappa shape index (κ2) is 6.20. The van der Waals surface area contributed by atoms with E-state index < -0.39 is 35.3 Å². The molecule has 1 saturated heterocycles. The number of hydroxylamine groups is 2. The summed E-state index contributed by atoms with van der Waals surface area (Å²) >= 11 is 0. The molecule has 2 aliphatic heterocycles. The van der Waals surface area contributed by atoms with Crippen LogP contribution in [0.2, 0.25) is 0 Å². The molecule has 4 rings (SSSR count). The Hall–Kier alpha value is -3.75. The normalized spacial score (nSPS) is 15.8. The van der Waals surface area contributed by atoms with Gasteiger partial charge in [0.2, 0.25) is 0 Å². The molecule has 136 valence electrons. The fraction of sp³-hybridized carbons (Fsp3) is 0.111. The van der Waals surface area contributed by atoms with Crippen LogP contribution in [0.4, 0.5) is 14.9 Å². The van der Waals surface area contributed by atoms with E-state index in [-0.39, 0.29) is 30.0 Å². The Morgan fingerprint density at radius 1 is 1.04 bits per heavy atom. The molecule has 0 spiro atoms. The van der Waals surface area contributed by atoms with Crippen molar-refractivity contribution in [2.24, 2.45) is 0 Å². The number of ether oxygens (including phenoxy) is 1. The molecule has 0 N–H and O–H groups in total. The van der Waals surface area contributed by atoms with Crippen molar-refractivity contribution >= 4 is 29.6 Å². The second-order valence-corrected chi connectivity index (χ2v) is 5.76. The number of carbonyl (C=O) groups is 4. The van der Waals surface area contributed by atoms with E-state index in [0.29, 0.717) is 5.06 Å². The van der Waals surface area contributed by atoms with Crippen LogP contribution < -0.4 is 4.90 Å². The number of carbonyl (C=O) groups excluding carboxylic acids is 4. The van der Waals surface area contributed by atoms with Crippen molar-refractivity contribution in [2.75, 3.05) is 18.1 Å². The van der Waals surface area contributed by atoms with Crippen LogP contribution in [0.3, 0.4) is 0 Å². The van der Waals surface area contributed by atoms with E-state index in [1.807, 2.05) is 0 Å². The third-order valence-electron chi connectivity index (χ3n) is 4.17. The minimum Gasteiger partial charge on any atom is -0.447 e. The Morgan fingerprint density at radius 2 is 1.70 bits per heavy atom. The van der Waals surface area contributed by atoms with Crippen LogP contribution in [0.15, 0.2) is 42.5 Å². The number of nitrogens with zero attached hydrogens (tertiary/aromatic N) is 2. The number of cyclic esters (lactones) is 1. The summed E-state index contributed by atoms with van der Waals surface area (Å²) in [6, 6.07) is 9.36. The van der Waals surface area contributed by atoms with E-state index in [0.717, 1.165) is 12.1 Å². The summed E-state index contributed by atoms with van der Waals surface area (Å²) in [4.78, 5) is 54.6. The molecule has 2 heterocycles. The largest absolute Gasteiger partial charge is 0.447 e. The number of fused-ring (bicyclic) bond motifs is 1. The molecule has 2 aromatic rings. The molecule has 0 radical (unpaired) electrons. The van der Waals surface area contributed by atoms with Gasteiger partial charge in [-0.15, -0.1) is 0 Å². The number of rotatable bonds is 3. The lowest BCUT2D eigenvalue weighted by atomic mass is 10.1. The first-order valence-electron chi connectivity index (χ1n) is 7.91. The van der Waals surface area contributed by atoms with Gasteiger partial charge in [0.1, 0.15) is 12.4 Å². The minimum atomic E-state index is -1.24. The molecular weight excluding hydrogens is 359 g/mol. The van der Waals surface area contributed by atoms with Gasteiger partial charge in [-0.05, 0) is 30.3 Å². The van der Waals surface area contributed by atoms with Crippen LogP contribution in [-0.2, 0) is 9.57 Å². The highest BCUT2D eigenvalue weighted by Gasteiger charge is 2.39. The van der Waals surface area contributed by atoms with E-state index in [2.05, 4.69) is 0 Å². The maximum Gasteiger partial charge on any atom is 0.414 e. The lowest BCUT2D eigenvalue weighted by Crippen LogP contribution is -2.33. The van der Waals surface area contributed by atoms with Gasteiger partial charge >= 0.3 is 12.1 Å². The molecule has 0 aliphatic carbocycles. The van der Waals surface area contributed by atoms with E-state index in [9.17, 15) is 23.6 Å². The van der Waals surface area contributed by atoms with Gasteiger partial charge in [0.25, 0.3) is 11.8 Å². The molecule has 27 heavy (non-hydrogen) atoms. The minimum absolute atomic E-state index is 0.0873. The molecule has 2 aliphatic rings. The number of anilines is 1. The zero-order valence-corrected chi connectivity index (χ0v) is 13.7. The van der Waals surface area contributed by atoms with Crippen molar-refractivity contribution in [3.05, 3.63) is 65.0 Å². The van der Waals surface area contributed by atoms with E-state index >= 15 is 0 Å². The third-order valence-corrected chi connectivity index (χ3v) is 4.17. The van der Waals surface area contributed by atoms with Crippen LogP contribution in [-0.4, -0.2) is 42.1 Å². The van der Waals surface area contributed by atoms with Gasteiger partial charge in [0, 0.05) is 5.69 Å². The van der Waals surface area contributed by atoms with Crippen molar-refractivity contribution in [1.82, 2.24) is 5.06 Å². The molecule has 0 unspecified atom stereocenters. The monoisotopic (exact) mass is 370 g/mol. The maximum absolute atomic E-state index is 14.1. The van der Waals surface area contributed by atoms with Gasteiger partial charge in [-0.3, -0.25) is 14.5 Å². The summed E-state index contributed by atoms with van der Waals surface area (Å²) in [5.41, 5.74) is -0.120. The molecule has 0 aromatic heterocycles. The predicted octanol–water partition coefficient (Wildman–Crippen LogP) is 2.15. The molecular formula is C18H11FN2O6. The molecule has 2 aromatic carbocycles. The second-order valence-electron chi connectivity index (χ2n) is 5.76. The first-order valence-corrected chi connectivity index (χ1v) is 7.91. The number of hydrogen-bond acceptors (Lipinski definition) is 6. The SMILES string of the molecule is O=C(ON1C(=O)c2ccccc2C1=O)c1cc(N2CCOC2=O)ccc1F. The zero-order chi connectivity index (χ0) is 19.1. The van der Waals surface area contributed by atoms with Crippen molar-refractivity contribution in [3.8, 4) is 0 Å². The van der Waals surface area contributed by atoms with Crippen LogP contribution in [0.5, 0.6) is 0 Å². The number of benzene rings is 2. The summed E-state index contributed by atoms with van der Waals surface area (Å²) in [6.07, 6.45) is -0.624. The maximum atomic E-state index is 14.1. The van der Waals surface area contributed by atoms with Gasteiger partial charge in [-0.2, -0.15) is 0 Å². The molecule has 0 saturated carbocycles. The van der Waals surface area contributed by atoms with Gasteiger partial charge in [-0.25, -0.2) is 14.0 Å². The van der Waals surface area contributed by atoms with Crippen LogP contribution in [0.25, 0.3) is 0 Å². The Labute approximate surface area is 151 Å². The number of halogens is 1. The first kappa shape index (κ1) is 16.7. The van der Waals surface area contributed by atoms with Gasteiger partial charge < -0.3 is 9.57 Å². The summed E-state index contributed by atoms with van der Waals surface area (Å²) in [5, 5.41) is 0.295. The van der Waals surface area contributed by atoms with Crippen molar-refractivity contribution in [1.29, 1.82) is 0 Å². The smallest absolute Gasteiger partial charge is 0.414 e. The molecule has 0 atom stereocenters. The standard InChI is InChI=1S/C18H11FN2O6/c19-14-6-5-10(20-7-8-26-18(20)25)9-13(14)17(24)27-21-15(22)11-3-1-2-4-12(11)16(21)23/h1-6,9H,7-8H2. The zero-order valence-electron chi connectivity index (χ0n) is 13.7. The Balaban J connectivity index is 1.60. The molecule has 1 fully saturated rings. The highest BCUT2D eigenvalue weighted by atomic mass is 19.1. The summed E-state index contributed by atoms with van der Waals surface area (Å²) in [5.74, 6) is -3.79. The molecule has 8 nitrogen and oxygen atoms in total. The van der Waals surface area contributed by atoms with Crippen molar-refractivity contribution < 1.29 is 33.1 Å². The summed E-state index contributed by atoms with van der Waals surface area (Å²) in [6.45, 7) is 0.419. The highest BCUT2D eigenvalue weighted by molar-refractivity contribution is 6.21. The fourth-order valence-corrected chi connectivity index (χ4v) is 2.85. The van der Waals surface area contributed by atoms with E-state index in [4.69, 9.17) is 9.57 Å². The van der Waals surface area contributed by atoms with Crippen LogP contribution in [0.1, 0.15) is 31.1 Å². The van der Waals surface area contributed by atoms with E-state index in [1.165, 1.54) is 23.1 Å². The average molecular weight is 370 g/mol. The van der Waals surface area contributed by atoms with Gasteiger partial charge in [-0.1, -0.05) is 17.2 Å². The molecule has 3 amide bonds. The first-order chi connectivity index (χ1) is 13.0. The average Bonchev–Trinajstić information content (AvgIpc) is 3.20. The lowest BCUT2D eigenvalue weighted by Gasteiger charge is -2.16. The Morgan fingerprint density at radius 3 is 2.30 bits per heavy atom. The quantitative estimate of drug-likeness (QED) is 0.769. The third kappa shape index (κ3) is 2.69. The van der Waals surface area contributed by atoms with Crippen LogP contribution in [0, 0.1) is 5.82 Å². The van der Waals surface area contributed by atoms with Gasteiger partial charge in [0.15, 0.2) is 0 Å². The lowest BCUT2D eigenvalue weighted by molar-refractivity contribution is -0.0587. The van der Waals surface area contributed by atoms with Crippen molar-refractivity contribution in [3.63, 3.8) is 0 Å². The van der Waals surface area contributed by atoms with Crippen molar-refractivity contribution in [2.45, 2.75) is 0 Å². The Bertz CT molecular complexity index is 970. The fourth-order valence-electron chi connectivity index (χ4n) is 2.85. The van der Waals surface area contributed by atoms with Crippen LogP contribution >= 0.6 is 0 Å². The number of imide groups is 1. The number of amides is 3. The summed E-state index contributed by atoms with van der Waals surface area (Å²) in [7, 11) is 0. The van der Waals surface area contributed by atoms with Gasteiger partial charge in [0.05, 0.1) is 23.2 Å². The van der Waals surface area contributed by atoms with E-state index in [1.54, 1.807) is 12.1 Å². The topological polar surface area (TPSA) is 93.2 Å². The predicted molar refractivity (Wildman–Crippen MR) is 87.5 cm³/mol. The molecule has 9 heteroatoms. The number of hydrogen-bond donors (Lipinski definition) is 0. The highest BCUT2D eigenvalue weighted by Crippen LogP contribution is 2.26. The summed E-state index contributed by atoms with van der Waals surface area (Å²) < 4.78 is 18.9.